The normalized spacial score (nSPS) is 11.2. The van der Waals surface area contributed by atoms with E-state index < -0.39 is 10.1 Å². The lowest BCUT2D eigenvalue weighted by atomic mass is 10.5. The van der Waals surface area contributed by atoms with E-state index in [1.807, 2.05) is 0 Å². The van der Waals surface area contributed by atoms with Crippen molar-refractivity contribution in [3.63, 3.8) is 0 Å². The Bertz CT molecular complexity index is 756. The van der Waals surface area contributed by atoms with Gasteiger partial charge in [-0.3, -0.25) is 4.18 Å². The predicted octanol–water partition coefficient (Wildman–Crippen LogP) is -0.612. The van der Waals surface area contributed by atoms with Crippen LogP contribution < -0.4 is 5.73 Å². The molecule has 0 aromatic carbocycles. The van der Waals surface area contributed by atoms with E-state index in [4.69, 9.17) is 5.73 Å². The van der Waals surface area contributed by atoms with Gasteiger partial charge >= 0.3 is 0 Å². The first kappa shape index (κ1) is 13.3. The Labute approximate surface area is 109 Å². The van der Waals surface area contributed by atoms with E-state index in [0.717, 1.165) is 6.26 Å². The van der Waals surface area contributed by atoms with Gasteiger partial charge in [0.05, 0.1) is 19.1 Å². The van der Waals surface area contributed by atoms with Crippen molar-refractivity contribution >= 4 is 27.1 Å². The molecule has 0 aliphatic carbocycles. The van der Waals surface area contributed by atoms with Gasteiger partial charge in [-0.25, -0.2) is 15.0 Å². The lowest BCUT2D eigenvalue weighted by molar-refractivity contribution is 0.367. The molecule has 0 radical (unpaired) electrons. The van der Waals surface area contributed by atoms with E-state index in [1.165, 1.54) is 6.33 Å². The molecule has 2 aromatic rings. The maximum absolute atomic E-state index is 10.7. The molecule has 2 rings (SSSR count). The van der Waals surface area contributed by atoms with Gasteiger partial charge in [0.1, 0.15) is 18.5 Å². The summed E-state index contributed by atoms with van der Waals surface area (Å²) in [6.45, 7) is 0.128. The van der Waals surface area contributed by atoms with E-state index in [9.17, 15) is 8.42 Å². The first-order chi connectivity index (χ1) is 8.97. The maximum Gasteiger partial charge on any atom is 0.265 e. The zero-order valence-corrected chi connectivity index (χ0v) is 10.9. The largest absolute Gasteiger partial charge is 0.382 e. The summed E-state index contributed by atoms with van der Waals surface area (Å²) in [6.07, 6.45) is 3.86. The second kappa shape index (κ2) is 5.21. The second-order valence-electron chi connectivity index (χ2n) is 3.62. The lowest BCUT2D eigenvalue weighted by Crippen LogP contribution is -2.02. The fraction of sp³-hybridized carbons (Fsp3) is 0.300. The van der Waals surface area contributed by atoms with Crippen LogP contribution in [0, 0.1) is 11.8 Å². The first-order valence-electron chi connectivity index (χ1n) is 5.19. The summed E-state index contributed by atoms with van der Waals surface area (Å²) < 4.78 is 27.6. The Balaban J connectivity index is 2.07. The maximum atomic E-state index is 10.7. The van der Waals surface area contributed by atoms with Crippen LogP contribution in [0.25, 0.3) is 11.2 Å². The van der Waals surface area contributed by atoms with Crippen molar-refractivity contribution in [2.24, 2.45) is 0 Å². The van der Waals surface area contributed by atoms with Crippen molar-refractivity contribution in [3.8, 4) is 11.8 Å². The number of nitrogens with zero attached hydrogens (tertiary/aromatic N) is 4. The number of imidazole rings is 1. The molecule has 0 bridgehead atoms. The van der Waals surface area contributed by atoms with Crippen LogP contribution in [0.4, 0.5) is 5.82 Å². The summed E-state index contributed by atoms with van der Waals surface area (Å²) in [5.41, 5.74) is 6.73. The highest BCUT2D eigenvalue weighted by atomic mass is 32.2. The molecular weight excluding hydrogens is 270 g/mol. The van der Waals surface area contributed by atoms with Crippen molar-refractivity contribution in [1.29, 1.82) is 0 Å². The Morgan fingerprint density at radius 3 is 2.89 bits per heavy atom. The highest BCUT2D eigenvalue weighted by molar-refractivity contribution is 7.85. The van der Waals surface area contributed by atoms with Gasteiger partial charge in [0.25, 0.3) is 10.1 Å². The van der Waals surface area contributed by atoms with Crippen LogP contribution in [-0.4, -0.2) is 40.8 Å². The third-order valence-electron chi connectivity index (χ3n) is 2.15. The first-order valence-corrected chi connectivity index (χ1v) is 7.00. The number of nitrogens with two attached hydrogens (primary N) is 1. The van der Waals surface area contributed by atoms with E-state index in [2.05, 4.69) is 31.0 Å². The zero-order chi connectivity index (χ0) is 13.9. The fourth-order valence-electron chi connectivity index (χ4n) is 1.34. The number of aromatic nitrogens is 4. The number of nitrogen functional groups attached to an aromatic ring is 1. The SMILES string of the molecule is CS(=O)(=O)OCC#CCn1cnc2c(N)ncnc21. The van der Waals surface area contributed by atoms with Crippen molar-refractivity contribution in [2.75, 3.05) is 18.6 Å². The molecule has 2 aromatic heterocycles. The molecule has 2 N–H and O–H groups in total. The fourth-order valence-corrected chi connectivity index (χ4v) is 1.62. The summed E-state index contributed by atoms with van der Waals surface area (Å²) in [6, 6.07) is 0. The minimum atomic E-state index is -3.46. The van der Waals surface area contributed by atoms with Crippen LogP contribution in [0.1, 0.15) is 0 Å². The van der Waals surface area contributed by atoms with Gasteiger partial charge in [-0.1, -0.05) is 11.8 Å². The van der Waals surface area contributed by atoms with Crippen LogP contribution in [0.5, 0.6) is 0 Å². The highest BCUT2D eigenvalue weighted by Gasteiger charge is 2.06. The second-order valence-corrected chi connectivity index (χ2v) is 5.27. The molecule has 0 saturated heterocycles. The van der Waals surface area contributed by atoms with E-state index in [1.54, 1.807) is 10.9 Å². The van der Waals surface area contributed by atoms with Crippen LogP contribution in [-0.2, 0) is 20.8 Å². The average Bonchev–Trinajstić information content (AvgIpc) is 2.72. The number of hydrogen-bond acceptors (Lipinski definition) is 7. The Morgan fingerprint density at radius 2 is 2.16 bits per heavy atom. The summed E-state index contributed by atoms with van der Waals surface area (Å²) in [7, 11) is -3.46. The minimum Gasteiger partial charge on any atom is -0.382 e. The predicted molar refractivity (Wildman–Crippen MR) is 68.3 cm³/mol. The van der Waals surface area contributed by atoms with E-state index in [-0.39, 0.29) is 6.61 Å². The smallest absolute Gasteiger partial charge is 0.265 e. The van der Waals surface area contributed by atoms with E-state index >= 15 is 0 Å². The molecule has 0 aliphatic heterocycles. The van der Waals surface area contributed by atoms with Gasteiger partial charge in [-0.2, -0.15) is 8.42 Å². The summed E-state index contributed by atoms with van der Waals surface area (Å²) >= 11 is 0. The topological polar surface area (TPSA) is 113 Å². The molecule has 2 heterocycles. The summed E-state index contributed by atoms with van der Waals surface area (Å²) in [4.78, 5) is 12.0. The van der Waals surface area contributed by atoms with Gasteiger partial charge in [0.2, 0.25) is 0 Å². The Morgan fingerprint density at radius 1 is 1.37 bits per heavy atom. The van der Waals surface area contributed by atoms with Gasteiger partial charge < -0.3 is 10.3 Å². The molecule has 8 nitrogen and oxygen atoms in total. The molecule has 0 unspecified atom stereocenters. The van der Waals surface area contributed by atoms with Crippen molar-refractivity contribution in [2.45, 2.75) is 6.54 Å². The molecule has 0 fully saturated rings. The molecule has 0 aliphatic rings. The molecule has 0 spiro atoms. The van der Waals surface area contributed by atoms with Crippen molar-refractivity contribution < 1.29 is 12.6 Å². The molecule has 100 valence electrons. The number of anilines is 1. The number of rotatable bonds is 3. The van der Waals surface area contributed by atoms with Crippen molar-refractivity contribution in [3.05, 3.63) is 12.7 Å². The zero-order valence-electron chi connectivity index (χ0n) is 10.1. The summed E-state index contributed by atoms with van der Waals surface area (Å²) in [5.74, 6) is 5.64. The minimum absolute atomic E-state index is 0.178. The highest BCUT2D eigenvalue weighted by Crippen LogP contribution is 2.13. The van der Waals surface area contributed by atoms with Gasteiger partial charge in [-0.15, -0.1) is 0 Å². The quantitative estimate of drug-likeness (QED) is 0.589. The van der Waals surface area contributed by atoms with E-state index in [0.29, 0.717) is 23.5 Å². The monoisotopic (exact) mass is 281 g/mol. The molecular formula is C10H11N5O3S. The molecule has 9 heteroatoms. The standard InChI is InChI=1S/C10H11N5O3S/c1-19(16,17)18-5-3-2-4-15-7-14-8-9(11)12-6-13-10(8)15/h6-7H,4-5H2,1H3,(H2,11,12,13). The Hall–Kier alpha value is -2.18. The third-order valence-corrected chi connectivity index (χ3v) is 2.70. The van der Waals surface area contributed by atoms with Crippen LogP contribution in [0.2, 0.25) is 0 Å². The lowest BCUT2D eigenvalue weighted by Gasteiger charge is -1.97. The molecule has 0 amide bonds. The number of fused-ring (bicyclic) bond motifs is 1. The summed E-state index contributed by atoms with van der Waals surface area (Å²) in [5, 5.41) is 0. The van der Waals surface area contributed by atoms with Crippen LogP contribution in [0.3, 0.4) is 0 Å². The van der Waals surface area contributed by atoms with Crippen LogP contribution in [0.15, 0.2) is 12.7 Å². The molecule has 0 saturated carbocycles. The van der Waals surface area contributed by atoms with Gasteiger partial charge in [-0.05, 0) is 0 Å². The van der Waals surface area contributed by atoms with Gasteiger partial charge in [0.15, 0.2) is 11.5 Å². The third kappa shape index (κ3) is 3.40. The molecule has 0 atom stereocenters. The van der Waals surface area contributed by atoms with Crippen molar-refractivity contribution in [1.82, 2.24) is 19.5 Å². The molecule has 19 heavy (non-hydrogen) atoms. The van der Waals surface area contributed by atoms with Crippen LogP contribution >= 0.6 is 0 Å². The van der Waals surface area contributed by atoms with Gasteiger partial charge in [0, 0.05) is 0 Å². The Kier molecular flexibility index (Phi) is 3.64. The average molecular weight is 281 g/mol. The number of hydrogen-bond donors (Lipinski definition) is 1.